The van der Waals surface area contributed by atoms with Crippen LogP contribution in [0.2, 0.25) is 0 Å². The number of hydrogen-bond donors (Lipinski definition) is 2. The van der Waals surface area contributed by atoms with Crippen molar-refractivity contribution < 1.29 is 4.79 Å². The Kier molecular flexibility index (Phi) is 5.88. The molecule has 0 saturated carbocycles. The summed E-state index contributed by atoms with van der Waals surface area (Å²) in [6, 6.07) is 16.7. The van der Waals surface area contributed by atoms with Crippen LogP contribution in [-0.2, 0) is 4.79 Å². The van der Waals surface area contributed by atoms with Crippen molar-refractivity contribution in [2.45, 2.75) is 38.6 Å². The molecule has 3 heterocycles. The molecule has 2 aromatic heterocycles. The Labute approximate surface area is 193 Å². The van der Waals surface area contributed by atoms with Gasteiger partial charge in [-0.15, -0.1) is 0 Å². The van der Waals surface area contributed by atoms with Gasteiger partial charge in [-0.05, 0) is 56.1 Å². The lowest BCUT2D eigenvalue weighted by atomic mass is 10.0. The molecule has 0 aliphatic carbocycles. The lowest BCUT2D eigenvalue weighted by molar-refractivity contribution is -0.118. The average Bonchev–Trinajstić information content (AvgIpc) is 3.29. The van der Waals surface area contributed by atoms with E-state index in [0.29, 0.717) is 17.8 Å². The number of carbonyl (C=O) groups excluding carboxylic acids is 1. The molecule has 2 aromatic carbocycles. The van der Waals surface area contributed by atoms with Gasteiger partial charge in [-0.1, -0.05) is 36.4 Å². The van der Waals surface area contributed by atoms with Crippen LogP contribution in [0.1, 0.15) is 38.3 Å². The van der Waals surface area contributed by atoms with E-state index in [0.717, 1.165) is 48.4 Å². The van der Waals surface area contributed by atoms with Crippen molar-refractivity contribution in [1.82, 2.24) is 24.8 Å². The van der Waals surface area contributed by atoms with Crippen LogP contribution >= 0.6 is 0 Å². The summed E-state index contributed by atoms with van der Waals surface area (Å²) >= 11 is 0. The average molecular weight is 441 g/mol. The zero-order chi connectivity index (χ0) is 22.8. The third-order valence-electron chi connectivity index (χ3n) is 6.35. The van der Waals surface area contributed by atoms with Gasteiger partial charge in [0.1, 0.15) is 17.4 Å². The topological polar surface area (TPSA) is 84.7 Å². The van der Waals surface area contributed by atoms with Gasteiger partial charge in [0.2, 0.25) is 5.95 Å². The second-order valence-electron chi connectivity index (χ2n) is 8.66. The Hall–Kier alpha value is -3.58. The maximum Gasteiger partial charge on any atom is 0.224 e. The van der Waals surface area contributed by atoms with E-state index in [1.54, 1.807) is 19.3 Å². The molecule has 0 amide bonds. The number of nitrogens with zero attached hydrogens (tertiary/aromatic N) is 4. The lowest BCUT2D eigenvalue weighted by Gasteiger charge is -2.24. The summed E-state index contributed by atoms with van der Waals surface area (Å²) in [5, 5.41) is 9.17. The van der Waals surface area contributed by atoms with E-state index >= 15 is 0 Å². The minimum atomic E-state index is -0.305. The summed E-state index contributed by atoms with van der Waals surface area (Å²) in [7, 11) is 0. The van der Waals surface area contributed by atoms with Crippen molar-refractivity contribution in [3.05, 3.63) is 66.6 Å². The fraction of sp³-hybridized carbons (Fsp3) is 0.308. The number of hydrogen-bond acceptors (Lipinski definition) is 6. The van der Waals surface area contributed by atoms with Gasteiger partial charge in [0, 0.05) is 24.3 Å². The number of rotatable bonds is 6. The molecule has 1 saturated heterocycles. The van der Waals surface area contributed by atoms with Crippen molar-refractivity contribution in [3.8, 4) is 17.2 Å². The highest BCUT2D eigenvalue weighted by Gasteiger charge is 2.22. The highest BCUT2D eigenvalue weighted by Crippen LogP contribution is 2.30. The van der Waals surface area contributed by atoms with Gasteiger partial charge in [0.05, 0.1) is 17.8 Å². The maximum absolute atomic E-state index is 12.3. The Morgan fingerprint density at radius 3 is 2.79 bits per heavy atom. The zero-order valence-corrected chi connectivity index (χ0v) is 19.0. The fourth-order valence-electron chi connectivity index (χ4n) is 4.35. The standard InChI is InChI=1S/C26H28N6O/c1-17(18(2)33)23-16-29-25(21-10-9-19-6-3-4-7-20(19)14-21)32(23)24-11-13-28-26(31-24)30-22-8-5-12-27-15-22/h3-4,6-7,9-11,13-14,16-17,22,27H,5,8,12,15H2,1-2H3,(H,28,30,31)/t17-,22?/m1/s1. The summed E-state index contributed by atoms with van der Waals surface area (Å²) in [6.45, 7) is 5.47. The molecule has 7 nitrogen and oxygen atoms in total. The Bertz CT molecular complexity index is 1290. The summed E-state index contributed by atoms with van der Waals surface area (Å²) in [6.07, 6.45) is 5.76. The Morgan fingerprint density at radius 2 is 2.00 bits per heavy atom. The Morgan fingerprint density at radius 1 is 1.15 bits per heavy atom. The van der Waals surface area contributed by atoms with Crippen LogP contribution < -0.4 is 10.6 Å². The number of ketones is 1. The molecule has 168 valence electrons. The van der Waals surface area contributed by atoms with Gasteiger partial charge in [-0.3, -0.25) is 9.36 Å². The van der Waals surface area contributed by atoms with E-state index in [1.165, 1.54) is 5.39 Å². The van der Waals surface area contributed by atoms with Crippen molar-refractivity contribution >= 4 is 22.5 Å². The number of Topliss-reactive ketones (excluding diaryl/α,β-unsaturated/α-hetero) is 1. The lowest BCUT2D eigenvalue weighted by Crippen LogP contribution is -2.38. The normalized spacial score (nSPS) is 17.1. The molecule has 1 fully saturated rings. The van der Waals surface area contributed by atoms with Crippen LogP contribution in [0.5, 0.6) is 0 Å². The van der Waals surface area contributed by atoms with Crippen molar-refractivity contribution in [1.29, 1.82) is 0 Å². The third-order valence-corrected chi connectivity index (χ3v) is 6.35. The molecule has 5 rings (SSSR count). The molecular formula is C26H28N6O. The number of imidazole rings is 1. The summed E-state index contributed by atoms with van der Waals surface area (Å²) in [5.41, 5.74) is 1.79. The highest BCUT2D eigenvalue weighted by atomic mass is 16.1. The molecule has 1 unspecified atom stereocenters. The SMILES string of the molecule is CC(=O)[C@@H](C)c1cnc(-c2ccc3ccccc3c2)n1-c1ccnc(NC2CCCNC2)n1. The number of nitrogens with one attached hydrogen (secondary N) is 2. The first kappa shape index (κ1) is 21.3. The third kappa shape index (κ3) is 4.36. The minimum absolute atomic E-state index is 0.0851. The molecule has 0 bridgehead atoms. The van der Waals surface area contributed by atoms with E-state index in [9.17, 15) is 4.79 Å². The number of anilines is 1. The first-order valence-corrected chi connectivity index (χ1v) is 11.5. The highest BCUT2D eigenvalue weighted by molar-refractivity contribution is 5.87. The van der Waals surface area contributed by atoms with Crippen molar-refractivity contribution in [2.75, 3.05) is 18.4 Å². The van der Waals surface area contributed by atoms with Gasteiger partial charge in [-0.2, -0.15) is 4.98 Å². The molecule has 1 aliphatic rings. The van der Waals surface area contributed by atoms with Crippen LogP contribution in [-0.4, -0.2) is 44.4 Å². The number of carbonyl (C=O) groups is 1. The van der Waals surface area contributed by atoms with Crippen LogP contribution in [0.25, 0.3) is 28.0 Å². The molecule has 2 N–H and O–H groups in total. The first-order valence-electron chi connectivity index (χ1n) is 11.5. The van der Waals surface area contributed by atoms with Crippen molar-refractivity contribution in [3.63, 3.8) is 0 Å². The van der Waals surface area contributed by atoms with Gasteiger partial charge >= 0.3 is 0 Å². The van der Waals surface area contributed by atoms with Crippen LogP contribution in [0.15, 0.2) is 60.9 Å². The number of fused-ring (bicyclic) bond motifs is 1. The van der Waals surface area contributed by atoms with Crippen LogP contribution in [0.4, 0.5) is 5.95 Å². The quantitative estimate of drug-likeness (QED) is 0.464. The number of aromatic nitrogens is 4. The largest absolute Gasteiger partial charge is 0.350 e. The molecule has 0 spiro atoms. The van der Waals surface area contributed by atoms with E-state index in [4.69, 9.17) is 9.97 Å². The summed E-state index contributed by atoms with van der Waals surface area (Å²) < 4.78 is 1.99. The number of piperidine rings is 1. The van der Waals surface area contributed by atoms with Gasteiger partial charge in [-0.25, -0.2) is 9.97 Å². The number of benzene rings is 2. The predicted octanol–water partition coefficient (Wildman–Crippen LogP) is 4.34. The molecular weight excluding hydrogens is 412 g/mol. The molecule has 0 radical (unpaired) electrons. The summed E-state index contributed by atoms with van der Waals surface area (Å²) in [4.78, 5) is 26.3. The van der Waals surface area contributed by atoms with E-state index in [1.807, 2.05) is 29.7 Å². The molecule has 2 atom stereocenters. The molecule has 7 heteroatoms. The van der Waals surface area contributed by atoms with Gasteiger partial charge in [0.15, 0.2) is 0 Å². The van der Waals surface area contributed by atoms with Crippen molar-refractivity contribution in [2.24, 2.45) is 0 Å². The first-order chi connectivity index (χ1) is 16.1. The van der Waals surface area contributed by atoms with Gasteiger partial charge in [0.25, 0.3) is 0 Å². The maximum atomic E-state index is 12.3. The monoisotopic (exact) mass is 440 g/mol. The van der Waals surface area contributed by atoms with Gasteiger partial charge < -0.3 is 10.6 Å². The predicted molar refractivity (Wildman–Crippen MR) is 131 cm³/mol. The zero-order valence-electron chi connectivity index (χ0n) is 19.0. The van der Waals surface area contributed by atoms with E-state index in [-0.39, 0.29) is 11.7 Å². The second-order valence-corrected chi connectivity index (χ2v) is 8.66. The Balaban J connectivity index is 1.59. The van der Waals surface area contributed by atoms with E-state index in [2.05, 4.69) is 45.9 Å². The molecule has 33 heavy (non-hydrogen) atoms. The van der Waals surface area contributed by atoms with Crippen LogP contribution in [0.3, 0.4) is 0 Å². The minimum Gasteiger partial charge on any atom is -0.350 e. The van der Waals surface area contributed by atoms with Crippen LogP contribution in [0, 0.1) is 0 Å². The molecule has 4 aromatic rings. The smallest absolute Gasteiger partial charge is 0.224 e. The fourth-order valence-corrected chi connectivity index (χ4v) is 4.35. The summed E-state index contributed by atoms with van der Waals surface area (Å²) in [5.74, 6) is 1.82. The molecule has 1 aliphatic heterocycles. The van der Waals surface area contributed by atoms with E-state index < -0.39 is 0 Å². The second kappa shape index (κ2) is 9.11.